The number of carbonyl (C=O) groups excluding carboxylic acids is 1. The van der Waals surface area contributed by atoms with E-state index in [4.69, 9.17) is 0 Å². The Labute approximate surface area is 112 Å². The highest BCUT2D eigenvalue weighted by atomic mass is 16.1. The fourth-order valence-electron chi connectivity index (χ4n) is 2.43. The first-order valence-electron chi connectivity index (χ1n) is 7.01. The van der Waals surface area contributed by atoms with Gasteiger partial charge in [0.15, 0.2) is 0 Å². The SMILES string of the molecule is CC(=O)C1CC/C(C)=C\CCC(C)/C=C\C=C\1C. The van der Waals surface area contributed by atoms with E-state index in [0.29, 0.717) is 5.92 Å². The van der Waals surface area contributed by atoms with E-state index in [-0.39, 0.29) is 11.7 Å². The Hall–Kier alpha value is -1.11. The summed E-state index contributed by atoms with van der Waals surface area (Å²) in [6.07, 6.45) is 13.1. The summed E-state index contributed by atoms with van der Waals surface area (Å²) < 4.78 is 0. The third kappa shape index (κ3) is 5.03. The van der Waals surface area contributed by atoms with E-state index < -0.39 is 0 Å². The molecule has 2 atom stereocenters. The number of ketones is 1. The molecule has 1 aliphatic carbocycles. The zero-order chi connectivity index (χ0) is 13.5. The van der Waals surface area contributed by atoms with Crippen molar-refractivity contribution in [1.82, 2.24) is 0 Å². The Bertz CT molecular complexity index is 371. The number of hydrogen-bond acceptors (Lipinski definition) is 1. The van der Waals surface area contributed by atoms with Crippen LogP contribution in [0.2, 0.25) is 0 Å². The predicted octanol–water partition coefficient (Wildman–Crippen LogP) is 4.85. The first-order chi connectivity index (χ1) is 8.50. The molecular formula is C17H26O. The highest BCUT2D eigenvalue weighted by Gasteiger charge is 2.15. The largest absolute Gasteiger partial charge is 0.299 e. The molecule has 0 aliphatic heterocycles. The number of hydrogen-bond donors (Lipinski definition) is 0. The van der Waals surface area contributed by atoms with Gasteiger partial charge in [-0.05, 0) is 52.4 Å². The lowest BCUT2D eigenvalue weighted by Gasteiger charge is -2.15. The van der Waals surface area contributed by atoms with E-state index in [1.165, 1.54) is 17.6 Å². The van der Waals surface area contributed by atoms with Gasteiger partial charge in [-0.25, -0.2) is 0 Å². The fraction of sp³-hybridized carbons (Fsp3) is 0.588. The molecule has 0 saturated carbocycles. The lowest BCUT2D eigenvalue weighted by Crippen LogP contribution is -2.12. The quantitative estimate of drug-likeness (QED) is 0.604. The van der Waals surface area contributed by atoms with Crippen LogP contribution < -0.4 is 0 Å². The summed E-state index contributed by atoms with van der Waals surface area (Å²) in [7, 11) is 0. The van der Waals surface area contributed by atoms with Crippen molar-refractivity contribution in [3.63, 3.8) is 0 Å². The van der Waals surface area contributed by atoms with Crippen LogP contribution in [-0.4, -0.2) is 5.78 Å². The molecule has 18 heavy (non-hydrogen) atoms. The minimum Gasteiger partial charge on any atom is -0.299 e. The Morgan fingerprint density at radius 1 is 1.28 bits per heavy atom. The van der Waals surface area contributed by atoms with Gasteiger partial charge in [0.05, 0.1) is 0 Å². The summed E-state index contributed by atoms with van der Waals surface area (Å²) in [5.41, 5.74) is 2.62. The molecule has 0 amide bonds. The van der Waals surface area contributed by atoms with Crippen LogP contribution in [0.25, 0.3) is 0 Å². The van der Waals surface area contributed by atoms with E-state index in [9.17, 15) is 4.79 Å². The Balaban J connectivity index is 2.90. The van der Waals surface area contributed by atoms with Crippen LogP contribution in [0.15, 0.2) is 35.5 Å². The van der Waals surface area contributed by atoms with Gasteiger partial charge in [0.25, 0.3) is 0 Å². The summed E-state index contributed by atoms with van der Waals surface area (Å²) in [5, 5.41) is 0. The summed E-state index contributed by atoms with van der Waals surface area (Å²) in [4.78, 5) is 11.7. The minimum atomic E-state index is 0.0905. The van der Waals surface area contributed by atoms with Crippen LogP contribution in [0.5, 0.6) is 0 Å². The standard InChI is InChI=1S/C17H26O/c1-13-7-5-8-14(2)11-12-17(16(4)18)15(3)10-6-9-13/h6,8-10,13,17H,5,7,11-12H2,1-4H3/b9-6-,14-8-,15-10+. The fourth-order valence-corrected chi connectivity index (χ4v) is 2.43. The van der Waals surface area contributed by atoms with Gasteiger partial charge in [-0.2, -0.15) is 0 Å². The molecule has 1 heteroatoms. The average Bonchev–Trinajstić information content (AvgIpc) is 2.27. The van der Waals surface area contributed by atoms with Crippen molar-refractivity contribution < 1.29 is 4.79 Å². The molecule has 0 fully saturated rings. The molecule has 1 nitrogen and oxygen atoms in total. The highest BCUT2D eigenvalue weighted by molar-refractivity contribution is 5.81. The van der Waals surface area contributed by atoms with Gasteiger partial charge in [0.1, 0.15) is 5.78 Å². The molecule has 0 N–H and O–H groups in total. The van der Waals surface area contributed by atoms with Crippen molar-refractivity contribution >= 4 is 5.78 Å². The number of rotatable bonds is 1. The van der Waals surface area contributed by atoms with Crippen LogP contribution in [0.1, 0.15) is 53.4 Å². The molecular weight excluding hydrogens is 220 g/mol. The van der Waals surface area contributed by atoms with Crippen molar-refractivity contribution in [2.75, 3.05) is 0 Å². The highest BCUT2D eigenvalue weighted by Crippen LogP contribution is 2.22. The Morgan fingerprint density at radius 2 is 2.00 bits per heavy atom. The summed E-state index contributed by atoms with van der Waals surface area (Å²) in [6, 6.07) is 0. The maximum absolute atomic E-state index is 11.7. The molecule has 0 radical (unpaired) electrons. The molecule has 1 rings (SSSR count). The van der Waals surface area contributed by atoms with Gasteiger partial charge in [-0.15, -0.1) is 0 Å². The van der Waals surface area contributed by atoms with Crippen LogP contribution in [0, 0.1) is 11.8 Å². The monoisotopic (exact) mass is 246 g/mol. The van der Waals surface area contributed by atoms with Crippen molar-refractivity contribution in [3.05, 3.63) is 35.5 Å². The maximum atomic E-state index is 11.7. The minimum absolute atomic E-state index is 0.0905. The third-order valence-corrected chi connectivity index (χ3v) is 3.78. The van der Waals surface area contributed by atoms with Gasteiger partial charge in [-0.1, -0.05) is 42.4 Å². The first-order valence-corrected chi connectivity index (χ1v) is 7.01. The van der Waals surface area contributed by atoms with Crippen LogP contribution >= 0.6 is 0 Å². The Kier molecular flexibility index (Phi) is 6.11. The van der Waals surface area contributed by atoms with Gasteiger partial charge >= 0.3 is 0 Å². The summed E-state index contributed by atoms with van der Waals surface area (Å²) >= 11 is 0. The molecule has 0 aromatic carbocycles. The number of carbonyl (C=O) groups is 1. The summed E-state index contributed by atoms with van der Waals surface area (Å²) in [5.74, 6) is 0.982. The van der Waals surface area contributed by atoms with Crippen molar-refractivity contribution in [2.24, 2.45) is 11.8 Å². The van der Waals surface area contributed by atoms with E-state index in [1.54, 1.807) is 6.92 Å². The van der Waals surface area contributed by atoms with Crippen LogP contribution in [-0.2, 0) is 4.79 Å². The van der Waals surface area contributed by atoms with E-state index >= 15 is 0 Å². The van der Waals surface area contributed by atoms with Crippen molar-refractivity contribution in [3.8, 4) is 0 Å². The molecule has 0 heterocycles. The maximum Gasteiger partial charge on any atom is 0.136 e. The molecule has 0 aromatic rings. The van der Waals surface area contributed by atoms with Crippen molar-refractivity contribution in [1.29, 1.82) is 0 Å². The van der Waals surface area contributed by atoms with E-state index in [1.807, 2.05) is 0 Å². The second kappa shape index (κ2) is 7.35. The molecule has 0 spiro atoms. The first kappa shape index (κ1) is 14.9. The normalized spacial score (nSPS) is 34.2. The lowest BCUT2D eigenvalue weighted by molar-refractivity contribution is -0.119. The number of allylic oxidation sites excluding steroid dienone is 6. The zero-order valence-corrected chi connectivity index (χ0v) is 12.2. The zero-order valence-electron chi connectivity index (χ0n) is 12.2. The average molecular weight is 246 g/mol. The lowest BCUT2D eigenvalue weighted by atomic mass is 9.89. The third-order valence-electron chi connectivity index (χ3n) is 3.78. The second-order valence-electron chi connectivity index (χ2n) is 5.60. The van der Waals surface area contributed by atoms with Gasteiger partial charge in [-0.3, -0.25) is 4.79 Å². The Morgan fingerprint density at radius 3 is 2.67 bits per heavy atom. The van der Waals surface area contributed by atoms with E-state index in [0.717, 1.165) is 19.3 Å². The molecule has 0 saturated heterocycles. The van der Waals surface area contributed by atoms with Gasteiger partial charge in [0, 0.05) is 5.92 Å². The van der Waals surface area contributed by atoms with Gasteiger partial charge in [0.2, 0.25) is 0 Å². The molecule has 0 aromatic heterocycles. The smallest absolute Gasteiger partial charge is 0.136 e. The topological polar surface area (TPSA) is 17.1 Å². The second-order valence-corrected chi connectivity index (χ2v) is 5.60. The predicted molar refractivity (Wildman–Crippen MR) is 78.5 cm³/mol. The van der Waals surface area contributed by atoms with Crippen LogP contribution in [0.4, 0.5) is 0 Å². The summed E-state index contributed by atoms with van der Waals surface area (Å²) in [6.45, 7) is 8.21. The van der Waals surface area contributed by atoms with Gasteiger partial charge < -0.3 is 0 Å². The molecule has 1 aliphatic rings. The van der Waals surface area contributed by atoms with Crippen LogP contribution in [0.3, 0.4) is 0 Å². The molecule has 100 valence electrons. The van der Waals surface area contributed by atoms with Crippen molar-refractivity contribution in [2.45, 2.75) is 53.4 Å². The molecule has 0 bridgehead atoms. The van der Waals surface area contributed by atoms with E-state index in [2.05, 4.69) is 45.1 Å². The molecule has 2 unspecified atom stereocenters. The number of Topliss-reactive ketones (excluding diaryl/α,β-unsaturated/α-hetero) is 1.